The Bertz CT molecular complexity index is 472. The van der Waals surface area contributed by atoms with E-state index in [2.05, 4.69) is 4.98 Å². The van der Waals surface area contributed by atoms with Crippen molar-refractivity contribution in [2.75, 3.05) is 12.4 Å². The molecule has 4 nitrogen and oxygen atoms in total. The highest BCUT2D eigenvalue weighted by Gasteiger charge is 2.07. The zero-order chi connectivity index (χ0) is 12.8. The van der Waals surface area contributed by atoms with Crippen LogP contribution in [0.25, 0.3) is 11.3 Å². The summed E-state index contributed by atoms with van der Waals surface area (Å²) in [4.78, 5) is 4.18. The van der Waals surface area contributed by atoms with Gasteiger partial charge in [-0.2, -0.15) is 0 Å². The summed E-state index contributed by atoms with van der Waals surface area (Å²) in [5, 5.41) is 17.9. The van der Waals surface area contributed by atoms with E-state index in [9.17, 15) is 5.11 Å². The van der Waals surface area contributed by atoms with Gasteiger partial charge in [0.15, 0.2) is 5.76 Å². The first-order valence-electron chi connectivity index (χ1n) is 5.66. The van der Waals surface area contributed by atoms with Crippen molar-refractivity contribution in [2.45, 2.75) is 11.9 Å². The molecule has 0 saturated carbocycles. The zero-order valence-electron chi connectivity index (χ0n) is 9.82. The van der Waals surface area contributed by atoms with Crippen LogP contribution in [0.1, 0.15) is 5.89 Å². The van der Waals surface area contributed by atoms with Gasteiger partial charge >= 0.3 is 0 Å². The number of aliphatic hydroxyl groups excluding tert-OH is 2. The Morgan fingerprint density at radius 1 is 1.28 bits per heavy atom. The minimum Gasteiger partial charge on any atom is -0.440 e. The second-order valence-electron chi connectivity index (χ2n) is 3.84. The van der Waals surface area contributed by atoms with Gasteiger partial charge in [0, 0.05) is 11.3 Å². The predicted octanol–water partition coefficient (Wildman–Crippen LogP) is 1.93. The summed E-state index contributed by atoms with van der Waals surface area (Å²) in [5.41, 5.74) is 0.997. The third-order valence-electron chi connectivity index (χ3n) is 2.36. The first kappa shape index (κ1) is 13.1. The van der Waals surface area contributed by atoms with E-state index >= 15 is 0 Å². The largest absolute Gasteiger partial charge is 0.440 e. The summed E-state index contributed by atoms with van der Waals surface area (Å²) in [7, 11) is 0. The van der Waals surface area contributed by atoms with Crippen molar-refractivity contribution in [1.29, 1.82) is 0 Å². The Labute approximate surface area is 110 Å². The van der Waals surface area contributed by atoms with Crippen molar-refractivity contribution >= 4 is 11.8 Å². The van der Waals surface area contributed by atoms with Gasteiger partial charge in [0.25, 0.3) is 0 Å². The molecular weight excluding hydrogens is 250 g/mol. The average molecular weight is 265 g/mol. The summed E-state index contributed by atoms with van der Waals surface area (Å²) < 4.78 is 5.61. The van der Waals surface area contributed by atoms with Crippen molar-refractivity contribution in [3.05, 3.63) is 42.4 Å². The first-order valence-corrected chi connectivity index (χ1v) is 6.82. The van der Waals surface area contributed by atoms with Gasteiger partial charge in [-0.1, -0.05) is 30.3 Å². The number of hydrogen-bond donors (Lipinski definition) is 2. The Morgan fingerprint density at radius 2 is 2.06 bits per heavy atom. The van der Waals surface area contributed by atoms with Gasteiger partial charge in [0.05, 0.1) is 24.7 Å². The number of benzene rings is 1. The number of thioether (sulfide) groups is 1. The standard InChI is InChI=1S/C13H15NO3S/c15-7-11(16)8-18-9-13-14-6-12(17-13)10-4-2-1-3-5-10/h1-6,11,15-16H,7-9H2. The lowest BCUT2D eigenvalue weighted by molar-refractivity contribution is 0.113. The van der Waals surface area contributed by atoms with Crippen LogP contribution in [0, 0.1) is 0 Å². The highest BCUT2D eigenvalue weighted by Crippen LogP contribution is 2.22. The van der Waals surface area contributed by atoms with E-state index in [1.165, 1.54) is 11.8 Å². The molecule has 0 aliphatic carbocycles. The van der Waals surface area contributed by atoms with Gasteiger partial charge < -0.3 is 14.6 Å². The van der Waals surface area contributed by atoms with E-state index < -0.39 is 6.10 Å². The molecule has 0 spiro atoms. The maximum Gasteiger partial charge on any atom is 0.204 e. The van der Waals surface area contributed by atoms with Gasteiger partial charge in [0.2, 0.25) is 5.89 Å². The molecule has 0 aliphatic rings. The number of oxazole rings is 1. The Kier molecular flexibility index (Phi) is 4.81. The molecule has 0 bridgehead atoms. The van der Waals surface area contributed by atoms with Crippen molar-refractivity contribution in [1.82, 2.24) is 4.98 Å². The van der Waals surface area contributed by atoms with Gasteiger partial charge in [-0.15, -0.1) is 11.8 Å². The van der Waals surface area contributed by atoms with E-state index in [0.29, 0.717) is 17.4 Å². The van der Waals surface area contributed by atoms with Crippen molar-refractivity contribution in [3.63, 3.8) is 0 Å². The van der Waals surface area contributed by atoms with Crippen LogP contribution in [-0.4, -0.2) is 33.7 Å². The molecule has 5 heteroatoms. The lowest BCUT2D eigenvalue weighted by atomic mass is 10.2. The van der Waals surface area contributed by atoms with Crippen molar-refractivity contribution < 1.29 is 14.6 Å². The minimum absolute atomic E-state index is 0.214. The summed E-state index contributed by atoms with van der Waals surface area (Å²) in [6.07, 6.45) is 1.02. The molecule has 0 amide bonds. The van der Waals surface area contributed by atoms with Crippen LogP contribution in [0.5, 0.6) is 0 Å². The van der Waals surface area contributed by atoms with E-state index in [0.717, 1.165) is 11.3 Å². The molecule has 1 atom stereocenters. The fraction of sp³-hybridized carbons (Fsp3) is 0.308. The zero-order valence-corrected chi connectivity index (χ0v) is 10.6. The summed E-state index contributed by atoms with van der Waals surface area (Å²) in [6.45, 7) is -0.214. The van der Waals surface area contributed by atoms with Crippen LogP contribution in [-0.2, 0) is 5.75 Å². The van der Waals surface area contributed by atoms with Crippen LogP contribution in [0.4, 0.5) is 0 Å². The van der Waals surface area contributed by atoms with Crippen LogP contribution in [0.3, 0.4) is 0 Å². The third kappa shape index (κ3) is 3.60. The molecule has 0 saturated heterocycles. The smallest absolute Gasteiger partial charge is 0.204 e. The van der Waals surface area contributed by atoms with Crippen molar-refractivity contribution in [3.8, 4) is 11.3 Å². The lowest BCUT2D eigenvalue weighted by Crippen LogP contribution is -2.14. The van der Waals surface area contributed by atoms with E-state index in [4.69, 9.17) is 9.52 Å². The second kappa shape index (κ2) is 6.58. The van der Waals surface area contributed by atoms with Crippen LogP contribution < -0.4 is 0 Å². The fourth-order valence-corrected chi connectivity index (χ4v) is 2.25. The molecule has 1 aromatic carbocycles. The Morgan fingerprint density at radius 3 is 2.78 bits per heavy atom. The van der Waals surface area contributed by atoms with E-state index in [1.807, 2.05) is 30.3 Å². The van der Waals surface area contributed by atoms with Crippen LogP contribution >= 0.6 is 11.8 Å². The summed E-state index contributed by atoms with van der Waals surface area (Å²) in [6, 6.07) is 9.78. The van der Waals surface area contributed by atoms with Gasteiger partial charge in [0.1, 0.15) is 0 Å². The van der Waals surface area contributed by atoms with Gasteiger partial charge in [-0.3, -0.25) is 0 Å². The quantitative estimate of drug-likeness (QED) is 0.835. The average Bonchev–Trinajstić information content (AvgIpc) is 2.88. The predicted molar refractivity (Wildman–Crippen MR) is 71.2 cm³/mol. The fourth-order valence-electron chi connectivity index (χ4n) is 1.45. The Balaban J connectivity index is 1.91. The molecule has 2 aromatic rings. The van der Waals surface area contributed by atoms with E-state index in [-0.39, 0.29) is 6.61 Å². The normalized spacial score (nSPS) is 12.6. The lowest BCUT2D eigenvalue weighted by Gasteiger charge is -2.04. The van der Waals surface area contributed by atoms with Crippen molar-refractivity contribution in [2.24, 2.45) is 0 Å². The van der Waals surface area contributed by atoms with E-state index in [1.54, 1.807) is 6.20 Å². The molecule has 1 unspecified atom stereocenters. The molecule has 1 aromatic heterocycles. The monoisotopic (exact) mass is 265 g/mol. The topological polar surface area (TPSA) is 66.5 Å². The maximum absolute atomic E-state index is 9.20. The summed E-state index contributed by atoms with van der Waals surface area (Å²) in [5.74, 6) is 2.43. The maximum atomic E-state index is 9.20. The molecule has 1 heterocycles. The van der Waals surface area contributed by atoms with Crippen LogP contribution in [0.2, 0.25) is 0 Å². The molecule has 18 heavy (non-hydrogen) atoms. The molecule has 96 valence electrons. The van der Waals surface area contributed by atoms with Crippen LogP contribution in [0.15, 0.2) is 40.9 Å². The molecule has 2 N–H and O–H groups in total. The number of nitrogens with zero attached hydrogens (tertiary/aromatic N) is 1. The minimum atomic E-state index is -0.682. The second-order valence-corrected chi connectivity index (χ2v) is 4.87. The first-order chi connectivity index (χ1) is 8.79. The number of aromatic nitrogens is 1. The third-order valence-corrected chi connectivity index (χ3v) is 3.43. The Hall–Kier alpha value is -1.30. The molecular formula is C13H15NO3S. The van der Waals surface area contributed by atoms with Gasteiger partial charge in [-0.25, -0.2) is 4.98 Å². The molecule has 2 rings (SSSR count). The number of rotatable bonds is 6. The SMILES string of the molecule is OCC(O)CSCc1ncc(-c2ccccc2)o1. The highest BCUT2D eigenvalue weighted by atomic mass is 32.2. The summed E-state index contributed by atoms with van der Waals surface area (Å²) >= 11 is 1.48. The molecule has 0 radical (unpaired) electrons. The number of hydrogen-bond acceptors (Lipinski definition) is 5. The molecule has 0 fully saturated rings. The number of aliphatic hydroxyl groups is 2. The van der Waals surface area contributed by atoms with Gasteiger partial charge in [-0.05, 0) is 0 Å². The molecule has 0 aliphatic heterocycles. The highest BCUT2D eigenvalue weighted by molar-refractivity contribution is 7.98.